The Bertz CT molecular complexity index is 775. The van der Waals surface area contributed by atoms with Gasteiger partial charge in [-0.15, -0.1) is 0 Å². The summed E-state index contributed by atoms with van der Waals surface area (Å²) in [6.07, 6.45) is 2.74. The van der Waals surface area contributed by atoms with Crippen LogP contribution in [0.15, 0.2) is 9.98 Å². The molecule has 180 valence electrons. The second-order valence-electron chi connectivity index (χ2n) is 9.87. The molecule has 3 heterocycles. The number of aliphatic imine (C=N–C) groups is 2. The number of ketones is 1. The summed E-state index contributed by atoms with van der Waals surface area (Å²) < 4.78 is 5.59. The van der Waals surface area contributed by atoms with Crippen molar-refractivity contribution in [2.45, 2.75) is 57.2 Å². The Kier molecular flexibility index (Phi) is 7.11. The maximum atomic E-state index is 13.8. The molecule has 0 aromatic rings. The molecular weight excluding hydrogens is 412 g/mol. The van der Waals surface area contributed by atoms with Gasteiger partial charge in [0.1, 0.15) is 11.6 Å². The fraction of sp³-hybridized carbons (Fsp3) is 0.810. The third kappa shape index (κ3) is 4.89. The van der Waals surface area contributed by atoms with Crippen molar-refractivity contribution in [3.8, 4) is 0 Å². The zero-order valence-corrected chi connectivity index (χ0v) is 20.4. The molecule has 1 amide bonds. The Morgan fingerprint density at radius 3 is 2.53 bits per heavy atom. The van der Waals surface area contributed by atoms with Crippen LogP contribution in [0.1, 0.15) is 33.6 Å². The Morgan fingerprint density at radius 2 is 1.91 bits per heavy atom. The molecule has 0 spiro atoms. The molecule has 0 bridgehead atoms. The van der Waals surface area contributed by atoms with E-state index in [1.54, 1.807) is 11.2 Å². The highest BCUT2D eigenvalue weighted by Crippen LogP contribution is 2.33. The summed E-state index contributed by atoms with van der Waals surface area (Å²) in [4.78, 5) is 43.7. The zero-order valence-electron chi connectivity index (χ0n) is 20.4. The smallest absolute Gasteiger partial charge is 0.410 e. The van der Waals surface area contributed by atoms with E-state index in [4.69, 9.17) is 9.73 Å². The maximum Gasteiger partial charge on any atom is 0.410 e. The number of carbonyl (C=O) groups excluding carboxylic acids is 2. The molecule has 3 aliphatic heterocycles. The summed E-state index contributed by atoms with van der Waals surface area (Å²) in [5.74, 6) is -0.362. The van der Waals surface area contributed by atoms with Crippen LogP contribution in [-0.4, -0.2) is 122 Å². The van der Waals surface area contributed by atoms with Gasteiger partial charge in [0.2, 0.25) is 5.96 Å². The van der Waals surface area contributed by atoms with Gasteiger partial charge in [0.05, 0.1) is 12.4 Å². The van der Waals surface area contributed by atoms with Crippen LogP contribution in [0.25, 0.3) is 0 Å². The van der Waals surface area contributed by atoms with Gasteiger partial charge in [0.15, 0.2) is 5.78 Å². The van der Waals surface area contributed by atoms with Crippen LogP contribution in [0.5, 0.6) is 0 Å². The maximum absolute atomic E-state index is 13.8. The van der Waals surface area contributed by atoms with Crippen molar-refractivity contribution >= 4 is 24.2 Å². The van der Waals surface area contributed by atoms with E-state index in [1.165, 1.54) is 0 Å². The van der Waals surface area contributed by atoms with E-state index in [1.807, 2.05) is 58.8 Å². The second kappa shape index (κ2) is 9.32. The lowest BCUT2D eigenvalue weighted by Gasteiger charge is -2.45. The molecule has 2 saturated heterocycles. The monoisotopic (exact) mass is 450 g/mol. The average Bonchev–Trinajstić information content (AvgIpc) is 3.22. The summed E-state index contributed by atoms with van der Waals surface area (Å²) >= 11 is 0. The van der Waals surface area contributed by atoms with Crippen molar-refractivity contribution in [1.29, 1.82) is 0 Å². The second-order valence-corrected chi connectivity index (χ2v) is 9.87. The third-order valence-corrected chi connectivity index (χ3v) is 5.88. The van der Waals surface area contributed by atoms with Crippen LogP contribution >= 0.6 is 0 Å². The standard InChI is InChI=1S/C21H38N8O3/c1-20(2,3)32-19(31)28-12-10-22-13-16(28)17(30)15-9-8-11-29(15)21(27(6)7)24-14-23-18(25-21)26(4)5/h14-16,22H,8-13H2,1-7H3,(H,23,24,25)/t15-,16?,21?/m1/s1. The number of ether oxygens (including phenoxy) is 1. The van der Waals surface area contributed by atoms with Crippen LogP contribution in [0.2, 0.25) is 0 Å². The van der Waals surface area contributed by atoms with Crippen LogP contribution in [-0.2, 0) is 9.53 Å². The topological polar surface area (TPSA) is 105 Å². The van der Waals surface area contributed by atoms with Gasteiger partial charge in [0, 0.05) is 40.3 Å². The molecular formula is C21H38N8O3. The quantitative estimate of drug-likeness (QED) is 0.614. The number of nitrogens with one attached hydrogen (secondary N) is 2. The first-order chi connectivity index (χ1) is 15.0. The van der Waals surface area contributed by atoms with Crippen molar-refractivity contribution in [2.75, 3.05) is 54.4 Å². The fourth-order valence-corrected chi connectivity index (χ4v) is 4.36. The third-order valence-electron chi connectivity index (χ3n) is 5.88. The number of Topliss-reactive ketones (excluding diaryl/α,β-unsaturated/α-hetero) is 1. The lowest BCUT2D eigenvalue weighted by atomic mass is 9.99. The molecule has 0 saturated carbocycles. The van der Waals surface area contributed by atoms with Crippen molar-refractivity contribution in [3.63, 3.8) is 0 Å². The molecule has 11 nitrogen and oxygen atoms in total. The van der Waals surface area contributed by atoms with Gasteiger partial charge in [-0.1, -0.05) is 0 Å². The van der Waals surface area contributed by atoms with Gasteiger partial charge in [-0.2, -0.15) is 4.99 Å². The number of carbonyl (C=O) groups is 2. The molecule has 2 unspecified atom stereocenters. The SMILES string of the molecule is CN(C)C1=NC(N(C)C)(N2CCC[C@@H]2C(=O)C2CNCCN2C(=O)OC(C)(C)C)N=CN1. The van der Waals surface area contributed by atoms with E-state index in [0.29, 0.717) is 38.6 Å². The largest absolute Gasteiger partial charge is 0.444 e. The highest BCUT2D eigenvalue weighted by molar-refractivity contribution is 5.93. The lowest BCUT2D eigenvalue weighted by Crippen LogP contribution is -2.65. The van der Waals surface area contributed by atoms with Crippen LogP contribution < -0.4 is 10.6 Å². The van der Waals surface area contributed by atoms with E-state index in [9.17, 15) is 9.59 Å². The Balaban J connectivity index is 1.89. The van der Waals surface area contributed by atoms with Gasteiger partial charge in [-0.3, -0.25) is 14.6 Å². The number of nitrogens with zero attached hydrogens (tertiary/aromatic N) is 6. The van der Waals surface area contributed by atoms with Crippen molar-refractivity contribution < 1.29 is 14.3 Å². The molecule has 2 N–H and O–H groups in total. The molecule has 0 aromatic heterocycles. The van der Waals surface area contributed by atoms with Crippen molar-refractivity contribution in [1.82, 2.24) is 30.2 Å². The predicted molar refractivity (Wildman–Crippen MR) is 124 cm³/mol. The van der Waals surface area contributed by atoms with Crippen LogP contribution in [0, 0.1) is 0 Å². The molecule has 11 heteroatoms. The Labute approximate surface area is 190 Å². The van der Waals surface area contributed by atoms with E-state index in [-0.39, 0.29) is 5.78 Å². The van der Waals surface area contributed by atoms with Gasteiger partial charge in [-0.25, -0.2) is 14.7 Å². The summed E-state index contributed by atoms with van der Waals surface area (Å²) in [6, 6.07) is -0.999. The highest BCUT2D eigenvalue weighted by atomic mass is 16.6. The predicted octanol–water partition coefficient (Wildman–Crippen LogP) is -0.0492. The first-order valence-electron chi connectivity index (χ1n) is 11.2. The molecule has 3 rings (SSSR count). The van der Waals surface area contributed by atoms with E-state index in [2.05, 4.69) is 20.5 Å². The zero-order chi connectivity index (χ0) is 23.7. The van der Waals surface area contributed by atoms with Gasteiger partial charge < -0.3 is 20.3 Å². The molecule has 0 aromatic carbocycles. The number of piperazine rings is 1. The van der Waals surface area contributed by atoms with E-state index in [0.717, 1.165) is 6.42 Å². The van der Waals surface area contributed by atoms with Gasteiger partial charge in [0.25, 0.3) is 5.91 Å². The fourth-order valence-electron chi connectivity index (χ4n) is 4.36. The number of guanidine groups is 1. The van der Waals surface area contributed by atoms with Gasteiger partial charge in [-0.05, 0) is 47.7 Å². The number of rotatable bonds is 4. The summed E-state index contributed by atoms with van der Waals surface area (Å²) in [7, 11) is 7.64. The summed E-state index contributed by atoms with van der Waals surface area (Å²) in [5, 5.41) is 6.33. The number of likely N-dealkylation sites (tertiary alicyclic amines) is 1. The lowest BCUT2D eigenvalue weighted by molar-refractivity contribution is -0.134. The minimum absolute atomic E-state index is 0.00267. The number of hydrogen-bond donors (Lipinski definition) is 2. The normalized spacial score (nSPS) is 29.0. The summed E-state index contributed by atoms with van der Waals surface area (Å²) in [6.45, 7) is 7.65. The number of amides is 1. The minimum atomic E-state index is -1.03. The Morgan fingerprint density at radius 1 is 1.19 bits per heavy atom. The van der Waals surface area contributed by atoms with Crippen LogP contribution in [0.3, 0.4) is 0 Å². The summed E-state index contributed by atoms with van der Waals surface area (Å²) in [5.41, 5.74) is -0.620. The van der Waals surface area contributed by atoms with E-state index < -0.39 is 29.7 Å². The number of hydrogen-bond acceptors (Lipinski definition) is 10. The molecule has 0 radical (unpaired) electrons. The Hall–Kier alpha value is -2.24. The molecule has 3 atom stereocenters. The molecule has 3 aliphatic rings. The van der Waals surface area contributed by atoms with Gasteiger partial charge >= 0.3 is 6.09 Å². The van der Waals surface area contributed by atoms with Crippen LogP contribution in [0.4, 0.5) is 4.79 Å². The molecule has 0 aliphatic carbocycles. The van der Waals surface area contributed by atoms with Crippen molar-refractivity contribution in [2.24, 2.45) is 9.98 Å². The first kappa shape index (κ1) is 24.4. The molecule has 32 heavy (non-hydrogen) atoms. The van der Waals surface area contributed by atoms with Crippen molar-refractivity contribution in [3.05, 3.63) is 0 Å². The average molecular weight is 451 g/mol. The highest BCUT2D eigenvalue weighted by Gasteiger charge is 2.50. The molecule has 2 fully saturated rings. The minimum Gasteiger partial charge on any atom is -0.444 e. The first-order valence-corrected chi connectivity index (χ1v) is 11.2. The van der Waals surface area contributed by atoms with E-state index >= 15 is 0 Å².